The maximum Gasteiger partial charge on any atom is 0.0839 e. The Hall–Kier alpha value is 0.0600. The van der Waals surface area contributed by atoms with E-state index < -0.39 is 0 Å². The van der Waals surface area contributed by atoms with E-state index in [2.05, 4.69) is 47.0 Å². The molecule has 1 heterocycles. The summed E-state index contributed by atoms with van der Waals surface area (Å²) in [6, 6.07) is 6.25. The number of nitrogen functional groups attached to an aromatic ring is 1. The number of hydrogen-bond acceptors (Lipinski definition) is 3. The zero-order chi connectivity index (χ0) is 9.42. The average Bonchev–Trinajstić information content (AvgIpc) is 2.45. The molecule has 1 aromatic carbocycles. The van der Waals surface area contributed by atoms with Gasteiger partial charge < -0.3 is 5.73 Å². The minimum atomic E-state index is 0.936. The second-order valence-corrected chi connectivity index (χ2v) is 5.88. The van der Waals surface area contributed by atoms with Crippen LogP contribution in [0.3, 0.4) is 0 Å². The molecule has 0 atom stereocenters. The lowest BCUT2D eigenvalue weighted by atomic mass is 10.2. The summed E-state index contributed by atoms with van der Waals surface area (Å²) in [5.74, 6) is 0. The largest absolute Gasteiger partial charge is 0.397 e. The lowest BCUT2D eigenvalue weighted by Gasteiger charge is -1.93. The SMILES string of the molecule is CSc1sc2c(I)cccc2c1N. The van der Waals surface area contributed by atoms with Crippen LogP contribution in [0.25, 0.3) is 10.1 Å². The minimum absolute atomic E-state index is 0.936. The van der Waals surface area contributed by atoms with Crippen LogP contribution in [0.1, 0.15) is 0 Å². The molecule has 13 heavy (non-hydrogen) atoms. The van der Waals surface area contributed by atoms with E-state index in [1.165, 1.54) is 17.9 Å². The summed E-state index contributed by atoms with van der Waals surface area (Å²) in [7, 11) is 0. The van der Waals surface area contributed by atoms with Gasteiger partial charge in [0, 0.05) is 8.96 Å². The van der Waals surface area contributed by atoms with Gasteiger partial charge in [-0.1, -0.05) is 12.1 Å². The van der Waals surface area contributed by atoms with Crippen LogP contribution in [0.5, 0.6) is 0 Å². The van der Waals surface area contributed by atoms with E-state index in [1.807, 2.05) is 0 Å². The summed E-state index contributed by atoms with van der Waals surface area (Å²) >= 11 is 5.85. The number of thiophene rings is 1. The van der Waals surface area contributed by atoms with Gasteiger partial charge in [-0.3, -0.25) is 0 Å². The Morgan fingerprint density at radius 2 is 2.23 bits per heavy atom. The zero-order valence-electron chi connectivity index (χ0n) is 7.00. The summed E-state index contributed by atoms with van der Waals surface area (Å²) in [5.41, 5.74) is 6.94. The number of fused-ring (bicyclic) bond motifs is 1. The summed E-state index contributed by atoms with van der Waals surface area (Å²) in [6.07, 6.45) is 2.06. The zero-order valence-corrected chi connectivity index (χ0v) is 10.8. The molecule has 0 spiro atoms. The molecule has 0 aliphatic carbocycles. The van der Waals surface area contributed by atoms with E-state index >= 15 is 0 Å². The molecule has 1 nitrogen and oxygen atoms in total. The van der Waals surface area contributed by atoms with E-state index in [4.69, 9.17) is 5.73 Å². The fourth-order valence-electron chi connectivity index (χ4n) is 1.23. The molecule has 0 saturated heterocycles. The van der Waals surface area contributed by atoms with Crippen molar-refractivity contribution in [3.63, 3.8) is 0 Å². The Kier molecular flexibility index (Phi) is 2.71. The van der Waals surface area contributed by atoms with Crippen LogP contribution in [0.15, 0.2) is 22.4 Å². The smallest absolute Gasteiger partial charge is 0.0839 e. The first-order valence-corrected chi connectivity index (χ1v) is 6.86. The Morgan fingerprint density at radius 1 is 1.46 bits per heavy atom. The Balaban J connectivity index is 2.83. The van der Waals surface area contributed by atoms with Crippen LogP contribution < -0.4 is 5.73 Å². The molecule has 0 unspecified atom stereocenters. The first-order chi connectivity index (χ1) is 6.24. The fourth-order valence-corrected chi connectivity index (χ4v) is 3.83. The van der Waals surface area contributed by atoms with E-state index in [-0.39, 0.29) is 0 Å². The standard InChI is InChI=1S/C9H8INS2/c1-12-9-7(11)5-3-2-4-6(10)8(5)13-9/h2-4H,11H2,1H3. The first-order valence-electron chi connectivity index (χ1n) is 3.74. The van der Waals surface area contributed by atoms with Crippen molar-refractivity contribution in [1.29, 1.82) is 0 Å². The van der Waals surface area contributed by atoms with Crippen molar-refractivity contribution in [1.82, 2.24) is 0 Å². The van der Waals surface area contributed by atoms with Crippen molar-refractivity contribution in [2.24, 2.45) is 0 Å². The normalized spacial score (nSPS) is 10.9. The van der Waals surface area contributed by atoms with Crippen LogP contribution in [-0.4, -0.2) is 6.26 Å². The fraction of sp³-hybridized carbons (Fsp3) is 0.111. The highest BCUT2D eigenvalue weighted by atomic mass is 127. The van der Waals surface area contributed by atoms with Gasteiger partial charge in [0.15, 0.2) is 0 Å². The van der Waals surface area contributed by atoms with Gasteiger partial charge in [0.05, 0.1) is 14.6 Å². The number of anilines is 1. The Bertz CT molecular complexity index is 450. The monoisotopic (exact) mass is 321 g/mol. The van der Waals surface area contributed by atoms with Gasteiger partial charge >= 0.3 is 0 Å². The Morgan fingerprint density at radius 3 is 2.85 bits per heavy atom. The number of thioether (sulfide) groups is 1. The maximum atomic E-state index is 6.00. The number of rotatable bonds is 1. The quantitative estimate of drug-likeness (QED) is 0.638. The number of hydrogen-bond donors (Lipinski definition) is 1. The predicted octanol–water partition coefficient (Wildman–Crippen LogP) is 3.81. The Labute approximate surface area is 98.8 Å². The van der Waals surface area contributed by atoms with Gasteiger partial charge in [-0.15, -0.1) is 23.1 Å². The average molecular weight is 321 g/mol. The lowest BCUT2D eigenvalue weighted by molar-refractivity contribution is 1.71. The van der Waals surface area contributed by atoms with Crippen molar-refractivity contribution in [2.45, 2.75) is 4.21 Å². The van der Waals surface area contributed by atoms with Crippen molar-refractivity contribution in [3.8, 4) is 0 Å². The summed E-state index contributed by atoms with van der Waals surface area (Å²) in [6.45, 7) is 0. The van der Waals surface area contributed by atoms with Crippen molar-refractivity contribution in [3.05, 3.63) is 21.8 Å². The molecular weight excluding hydrogens is 313 g/mol. The third-order valence-electron chi connectivity index (χ3n) is 1.86. The van der Waals surface area contributed by atoms with Crippen LogP contribution >= 0.6 is 45.7 Å². The van der Waals surface area contributed by atoms with E-state index in [0.29, 0.717) is 0 Å². The van der Waals surface area contributed by atoms with Gasteiger partial charge in [-0.05, 0) is 34.9 Å². The lowest BCUT2D eigenvalue weighted by Crippen LogP contribution is -1.82. The third-order valence-corrected chi connectivity index (χ3v) is 5.51. The van der Waals surface area contributed by atoms with Crippen molar-refractivity contribution < 1.29 is 0 Å². The number of nitrogens with two attached hydrogens (primary N) is 1. The highest BCUT2D eigenvalue weighted by Gasteiger charge is 2.09. The van der Waals surface area contributed by atoms with E-state index in [0.717, 1.165) is 5.69 Å². The molecular formula is C9H8INS2. The van der Waals surface area contributed by atoms with Crippen LogP contribution in [-0.2, 0) is 0 Å². The third kappa shape index (κ3) is 1.55. The van der Waals surface area contributed by atoms with Gasteiger partial charge in [-0.25, -0.2) is 0 Å². The first kappa shape index (κ1) is 9.61. The van der Waals surface area contributed by atoms with E-state index in [1.54, 1.807) is 23.1 Å². The molecule has 1 aromatic heterocycles. The number of halogens is 1. The molecule has 0 radical (unpaired) electrons. The molecule has 2 N–H and O–H groups in total. The molecule has 0 amide bonds. The predicted molar refractivity (Wildman–Crippen MR) is 70.7 cm³/mol. The van der Waals surface area contributed by atoms with Crippen LogP contribution in [0.2, 0.25) is 0 Å². The molecule has 0 saturated carbocycles. The molecule has 68 valence electrons. The van der Waals surface area contributed by atoms with Crippen LogP contribution in [0, 0.1) is 3.57 Å². The summed E-state index contributed by atoms with van der Waals surface area (Å²) in [5, 5.41) is 1.20. The molecule has 4 heteroatoms. The molecule has 0 fully saturated rings. The molecule has 0 aliphatic heterocycles. The van der Waals surface area contributed by atoms with Crippen molar-refractivity contribution in [2.75, 3.05) is 12.0 Å². The topological polar surface area (TPSA) is 26.0 Å². The number of benzene rings is 1. The second-order valence-electron chi connectivity index (χ2n) is 2.62. The molecule has 0 aliphatic rings. The molecule has 0 bridgehead atoms. The second kappa shape index (κ2) is 3.67. The van der Waals surface area contributed by atoms with Gasteiger partial charge in [0.2, 0.25) is 0 Å². The summed E-state index contributed by atoms with van der Waals surface area (Å²) < 4.78 is 3.82. The van der Waals surface area contributed by atoms with Crippen molar-refractivity contribution >= 4 is 61.5 Å². The van der Waals surface area contributed by atoms with Crippen LogP contribution in [0.4, 0.5) is 5.69 Å². The minimum Gasteiger partial charge on any atom is -0.397 e. The molecule has 2 aromatic rings. The molecule has 2 rings (SSSR count). The maximum absolute atomic E-state index is 6.00. The van der Waals surface area contributed by atoms with Gasteiger partial charge in [-0.2, -0.15) is 0 Å². The van der Waals surface area contributed by atoms with Gasteiger partial charge in [0.25, 0.3) is 0 Å². The van der Waals surface area contributed by atoms with Gasteiger partial charge in [0.1, 0.15) is 0 Å². The summed E-state index contributed by atoms with van der Waals surface area (Å²) in [4.78, 5) is 0. The van der Waals surface area contributed by atoms with E-state index in [9.17, 15) is 0 Å². The highest BCUT2D eigenvalue weighted by molar-refractivity contribution is 14.1. The highest BCUT2D eigenvalue weighted by Crippen LogP contribution is 2.40.